The average molecular weight is 2050 g/mol. The van der Waals surface area contributed by atoms with Crippen LogP contribution in [0.15, 0.2) is 141 Å². The fourth-order valence-corrected chi connectivity index (χ4v) is 23.3. The second kappa shape index (κ2) is 44.7. The van der Waals surface area contributed by atoms with Crippen LogP contribution in [0.3, 0.4) is 0 Å². The number of alkyl halides is 3. The molecule has 31 nitrogen and oxygen atoms in total. The van der Waals surface area contributed by atoms with E-state index in [2.05, 4.69) is 109 Å². The lowest BCUT2D eigenvalue weighted by Crippen LogP contribution is -2.43. The Balaban J connectivity index is 0.000000123. The lowest BCUT2D eigenvalue weighted by atomic mass is 10.0. The second-order valence-electron chi connectivity index (χ2n) is 29.8. The van der Waals surface area contributed by atoms with Gasteiger partial charge in [-0.3, -0.25) is 15.3 Å². The average Bonchev–Trinajstić information content (AvgIpc) is 1.61. The first-order valence-electron chi connectivity index (χ1n) is 41.6. The third kappa shape index (κ3) is 21.3. The summed E-state index contributed by atoms with van der Waals surface area (Å²) in [6, 6.07) is 27.0. The van der Waals surface area contributed by atoms with Gasteiger partial charge in [0.15, 0.2) is 17.5 Å². The summed E-state index contributed by atoms with van der Waals surface area (Å²) in [6.45, 7) is 51.5. The summed E-state index contributed by atoms with van der Waals surface area (Å²) in [7, 11) is 3.24. The maximum atomic E-state index is 13.1. The van der Waals surface area contributed by atoms with Gasteiger partial charge < -0.3 is 72.7 Å². The molecule has 6 N–H and O–H groups in total. The molecular weight excluding hydrogens is 1970 g/mol. The number of imidazole rings is 2. The minimum absolute atomic E-state index is 0.0694. The number of thiophene rings is 5. The van der Waals surface area contributed by atoms with Crippen LogP contribution in [-0.2, 0) is 29.9 Å². The molecule has 136 heavy (non-hydrogen) atoms. The molecule has 5 fully saturated rings. The zero-order valence-electron chi connectivity index (χ0n) is 71.8. The normalized spacial score (nSPS) is 14.9. The summed E-state index contributed by atoms with van der Waals surface area (Å²) in [5, 5.41) is 36.7. The fraction of sp³-hybridized carbons (Fsp3) is 0.264. The number of aliphatic hydroxyl groups excluding tert-OH is 1. The Hall–Kier alpha value is -12.2. The van der Waals surface area contributed by atoms with Gasteiger partial charge in [-0.1, -0.05) is 106 Å². The number of rotatable bonds is 18. The number of nitrogens with one attached hydrogen (secondary N) is 5. The van der Waals surface area contributed by atoms with E-state index in [1.807, 2.05) is 47.4 Å². The monoisotopic (exact) mass is 2050 g/mol. The molecule has 0 aliphatic carbocycles. The van der Waals surface area contributed by atoms with Crippen molar-refractivity contribution in [2.24, 2.45) is 0 Å². The van der Waals surface area contributed by atoms with Gasteiger partial charge in [0.05, 0.1) is 197 Å². The number of ether oxygens (including phenoxy) is 7. The summed E-state index contributed by atoms with van der Waals surface area (Å²) in [4.78, 5) is 61.6. The van der Waals surface area contributed by atoms with Gasteiger partial charge in [0.1, 0.15) is 36.3 Å². The molecule has 0 radical (unpaired) electrons. The number of benzene rings is 5. The Bertz CT molecular complexity index is 6900. The lowest BCUT2D eigenvalue weighted by molar-refractivity contribution is -0.137. The van der Waals surface area contributed by atoms with Crippen molar-refractivity contribution in [1.29, 1.82) is 0 Å². The van der Waals surface area contributed by atoms with Gasteiger partial charge in [-0.15, -0.1) is 56.7 Å². The third-order valence-corrected chi connectivity index (χ3v) is 29.8. The predicted octanol–water partition coefficient (Wildman–Crippen LogP) is 23.5. The highest BCUT2D eigenvalue weighted by molar-refractivity contribution is 7.22. The Labute approximate surface area is 826 Å². The lowest BCUT2D eigenvalue weighted by Gasteiger charge is -2.33. The number of anilines is 5. The van der Waals surface area contributed by atoms with Crippen molar-refractivity contribution in [3.05, 3.63) is 234 Å². The van der Waals surface area contributed by atoms with Crippen LogP contribution in [0.25, 0.3) is 133 Å². The molecule has 5 saturated heterocycles. The van der Waals surface area contributed by atoms with Crippen LogP contribution in [0.5, 0.6) is 11.5 Å². The van der Waals surface area contributed by atoms with Crippen LogP contribution in [0.4, 0.5) is 66.6 Å². The van der Waals surface area contributed by atoms with Crippen molar-refractivity contribution >= 4 is 180 Å². The Kier molecular flexibility index (Phi) is 31.9. The third-order valence-electron chi connectivity index (χ3n) is 21.8. The summed E-state index contributed by atoms with van der Waals surface area (Å²) in [6.07, 6.45) is 6.33. The number of hydrogen-bond donors (Lipinski definition) is 6. The van der Waals surface area contributed by atoms with E-state index in [1.54, 1.807) is 110 Å². The zero-order valence-corrected chi connectivity index (χ0v) is 80.4. The number of hydrogen-bond acceptors (Lipinski definition) is 26. The first-order chi connectivity index (χ1) is 66.2. The van der Waals surface area contributed by atoms with Crippen molar-refractivity contribution in [3.8, 4) is 121 Å². The highest BCUT2D eigenvalue weighted by Gasteiger charge is 2.37. The maximum Gasteiger partial charge on any atom is 0.416 e. The van der Waals surface area contributed by atoms with Crippen molar-refractivity contribution in [3.63, 3.8) is 0 Å². The van der Waals surface area contributed by atoms with E-state index in [9.17, 15) is 18.3 Å². The number of nitrogens with zero attached hydrogens (tertiary/aromatic N) is 18. The van der Waals surface area contributed by atoms with Gasteiger partial charge in [0, 0.05) is 131 Å². The molecule has 1 atom stereocenters. The largest absolute Gasteiger partial charge is 0.497 e. The highest BCUT2D eigenvalue weighted by Crippen LogP contribution is 2.60. The number of H-pyrrole nitrogens is 5. The van der Waals surface area contributed by atoms with E-state index in [0.717, 1.165) is 142 Å². The number of halogens is 9. The standard InChI is InChI=1S/C19H17ClN4O2S.C18H15Cl2N5O2S.C18H14Cl2N4OS.C18H13ClF3N5OS.C18H17N5O2S/c1-21-16-15(13-4-3-12(25-2)11-14(13)20)17(18-22-5-6-23-18)27-19(16)24-7-9-26-10-8-24;1-21-15-14(12-3-2-10(19)6-13(12)20)16(17-22-9-23-24-17)28-18(15)25-4-5-27-11(7-25)8-26;1-21-16-15(12-3-2-11(19)8-13(12)20)17(14-9-22-10-23-14)26-18(16)24-4-6-25-7-5-24;1-23-14-13(11-3-2-10(8-12(11)19)18(20,21)22)15(16-24-9-25-26-16)29-17(14)27-4-6-28-7-5-27;1-19-15-14(12-4-3-5-13(10-12)24-2)16(17-20-11-21-22-17)26-18(15)23-6-8-25-9-7-23/h3-6,11H,7-10H2,2H3,(H,22,23);2-3,6,9,11,26H,4-5,7-8H2,(H,22,23,24);2-3,8-10H,4-7H2,(H,22,23);2-3,8-9H,4-7H2,(H,24,25,26);3-5,10-11H,6-9H2,2H3,(H,20,21,22)/t;11-;;;/m.1.../s1. The highest BCUT2D eigenvalue weighted by atomic mass is 35.5. The molecule has 15 heterocycles. The molecule has 20 rings (SSSR count). The van der Waals surface area contributed by atoms with E-state index in [4.69, 9.17) is 136 Å². The van der Waals surface area contributed by atoms with Gasteiger partial charge in [-0.25, -0.2) is 49.1 Å². The molecule has 5 aliphatic rings. The molecule has 696 valence electrons. The van der Waals surface area contributed by atoms with Crippen LogP contribution < -0.4 is 34.0 Å². The minimum Gasteiger partial charge on any atom is -0.497 e. The fourth-order valence-electron chi connectivity index (χ4n) is 15.4. The Morgan fingerprint density at radius 1 is 0.441 bits per heavy atom. The van der Waals surface area contributed by atoms with Gasteiger partial charge in [-0.05, 0) is 88.5 Å². The van der Waals surface area contributed by atoms with E-state index in [-0.39, 0.29) is 17.7 Å². The topological polar surface area (TPSA) is 305 Å². The molecule has 5 aliphatic heterocycles. The minimum atomic E-state index is -4.51. The Morgan fingerprint density at radius 2 is 0.824 bits per heavy atom. The van der Waals surface area contributed by atoms with Gasteiger partial charge >= 0.3 is 6.18 Å². The summed E-state index contributed by atoms with van der Waals surface area (Å²) < 4.78 is 77.1. The molecule has 0 bridgehead atoms. The SMILES string of the molecule is [C-]#[N+]c1c(N2CCOCC2)sc(-c2cnc[nH]2)c1-c1ccc(Cl)cc1Cl.[C-]#[N+]c1c(N2CCOCC2)sc(-c2ncc[nH]2)c1-c1ccc(OC)cc1Cl.[C-]#[N+]c1c(N2CCOCC2)sc(-c2ncn[nH]2)c1-c1ccc(C(F)(F)F)cc1Cl.[C-]#[N+]c1c(N2CCOCC2)sc(-c2ncn[nH]2)c1-c1cccc(OC)c1.[C-]#[N+]c1c(N2CCO[C@@H](CO)C2)sc(-c2ncn[nH]2)c1-c1ccc(Cl)cc1Cl. The molecule has 0 unspecified atom stereocenters. The molecule has 0 spiro atoms. The number of aliphatic hydroxyl groups is 1. The molecule has 0 amide bonds. The first-order valence-corrected chi connectivity index (χ1v) is 47.9. The van der Waals surface area contributed by atoms with Crippen LogP contribution in [0, 0.1) is 32.9 Å². The Morgan fingerprint density at radius 3 is 1.20 bits per heavy atom. The van der Waals surface area contributed by atoms with Gasteiger partial charge in [0.2, 0.25) is 28.4 Å². The number of methoxy groups -OCH3 is 2. The van der Waals surface area contributed by atoms with Crippen molar-refractivity contribution in [1.82, 2.24) is 65.5 Å². The van der Waals surface area contributed by atoms with E-state index < -0.39 is 11.7 Å². The van der Waals surface area contributed by atoms with E-state index >= 15 is 0 Å². The molecule has 45 heteroatoms. The molecule has 5 aromatic carbocycles. The van der Waals surface area contributed by atoms with Crippen LogP contribution >= 0.6 is 126 Å². The van der Waals surface area contributed by atoms with E-state index in [1.165, 1.54) is 47.7 Å². The van der Waals surface area contributed by atoms with Crippen molar-refractivity contribution in [2.45, 2.75) is 12.3 Å². The maximum absolute atomic E-state index is 13.1. The number of aromatic nitrogens is 13. The van der Waals surface area contributed by atoms with Gasteiger partial charge in [0.25, 0.3) is 0 Å². The van der Waals surface area contributed by atoms with Crippen LogP contribution in [0.1, 0.15) is 5.56 Å². The van der Waals surface area contributed by atoms with E-state index in [0.29, 0.717) is 195 Å². The first kappa shape index (κ1) is 96.9. The molecule has 0 saturated carbocycles. The quantitative estimate of drug-likeness (QED) is 0.0435. The van der Waals surface area contributed by atoms with Crippen molar-refractivity contribution < 1.29 is 51.4 Å². The molecular formula is C91H76Cl6F3N23O8S5. The molecule has 15 aromatic rings. The van der Waals surface area contributed by atoms with Crippen molar-refractivity contribution in [2.75, 3.05) is 170 Å². The predicted molar refractivity (Wildman–Crippen MR) is 531 cm³/mol. The number of aromatic amines is 5. The smallest absolute Gasteiger partial charge is 0.416 e. The van der Waals surface area contributed by atoms with Crippen LogP contribution in [-0.4, -0.2) is 222 Å². The summed E-state index contributed by atoms with van der Waals surface area (Å²) in [5.41, 5.74) is 9.85. The molecule has 10 aromatic heterocycles. The van der Waals surface area contributed by atoms with Crippen LogP contribution in [0.2, 0.25) is 30.1 Å². The summed E-state index contributed by atoms with van der Waals surface area (Å²) in [5.74, 6) is 3.81. The number of morpholine rings is 5. The van der Waals surface area contributed by atoms with Gasteiger partial charge in [-0.2, -0.15) is 28.5 Å². The zero-order chi connectivity index (χ0) is 95.1. The second-order valence-corrected chi connectivity index (χ2v) is 37.3. The summed E-state index contributed by atoms with van der Waals surface area (Å²) >= 11 is 45.4.